The van der Waals surface area contributed by atoms with Gasteiger partial charge in [0.1, 0.15) is 12.6 Å². The molecule has 232 valence electrons. The molecule has 3 rings (SSSR count). The fraction of sp³-hybridized carbons (Fsp3) is 0.333. The third-order valence-electron chi connectivity index (χ3n) is 6.90. The van der Waals surface area contributed by atoms with Crippen LogP contribution in [0.1, 0.15) is 43.9 Å². The van der Waals surface area contributed by atoms with Crippen LogP contribution in [0.5, 0.6) is 0 Å². The molecule has 0 heterocycles. The van der Waals surface area contributed by atoms with Gasteiger partial charge in [-0.1, -0.05) is 66.0 Å². The molecule has 0 radical (unpaired) electrons. The van der Waals surface area contributed by atoms with Gasteiger partial charge in [-0.2, -0.15) is 13.2 Å². The van der Waals surface area contributed by atoms with Crippen molar-refractivity contribution in [1.29, 1.82) is 0 Å². The summed E-state index contributed by atoms with van der Waals surface area (Å²) in [4.78, 5) is 28.0. The van der Waals surface area contributed by atoms with Crippen molar-refractivity contribution in [3.63, 3.8) is 0 Å². The minimum atomic E-state index is -4.89. The number of nitrogens with one attached hydrogen (secondary N) is 1. The average molecular weight is 659 g/mol. The number of rotatable bonds is 11. The van der Waals surface area contributed by atoms with Gasteiger partial charge in [-0.3, -0.25) is 13.9 Å². The van der Waals surface area contributed by atoms with Gasteiger partial charge in [0.15, 0.2) is 0 Å². The second-order valence-corrected chi connectivity index (χ2v) is 12.8. The molecule has 2 unspecified atom stereocenters. The summed E-state index contributed by atoms with van der Waals surface area (Å²) in [5.74, 6) is -1.33. The first kappa shape index (κ1) is 34.2. The summed E-state index contributed by atoms with van der Waals surface area (Å²) >= 11 is 12.1. The number of hydrogen-bond donors (Lipinski definition) is 1. The molecule has 0 fully saturated rings. The van der Waals surface area contributed by atoms with Gasteiger partial charge in [0.25, 0.3) is 10.0 Å². The van der Waals surface area contributed by atoms with Crippen LogP contribution >= 0.6 is 23.2 Å². The Bertz CT molecular complexity index is 1570. The summed E-state index contributed by atoms with van der Waals surface area (Å²) in [7, 11) is -4.58. The van der Waals surface area contributed by atoms with Crippen LogP contribution in [0.4, 0.5) is 18.9 Å². The van der Waals surface area contributed by atoms with E-state index in [2.05, 4.69) is 5.32 Å². The Morgan fingerprint density at radius 2 is 1.58 bits per heavy atom. The number of amides is 2. The Labute approximate surface area is 259 Å². The summed E-state index contributed by atoms with van der Waals surface area (Å²) < 4.78 is 69.7. The molecule has 7 nitrogen and oxygen atoms in total. The number of carbonyl (C=O) groups is 2. The molecule has 1 N–H and O–H groups in total. The summed E-state index contributed by atoms with van der Waals surface area (Å²) in [5, 5.41) is 2.48. The van der Waals surface area contributed by atoms with E-state index in [4.69, 9.17) is 23.2 Å². The highest BCUT2D eigenvalue weighted by Crippen LogP contribution is 2.38. The molecule has 0 spiro atoms. The topological polar surface area (TPSA) is 86.8 Å². The fourth-order valence-corrected chi connectivity index (χ4v) is 5.94. The van der Waals surface area contributed by atoms with E-state index in [1.165, 1.54) is 31.2 Å². The van der Waals surface area contributed by atoms with Crippen LogP contribution < -0.4 is 9.62 Å². The van der Waals surface area contributed by atoms with E-state index in [1.54, 1.807) is 38.1 Å². The van der Waals surface area contributed by atoms with Crippen molar-refractivity contribution in [3.8, 4) is 0 Å². The Balaban J connectivity index is 2.13. The smallest absolute Gasteiger partial charge is 0.352 e. The van der Waals surface area contributed by atoms with Gasteiger partial charge in [0, 0.05) is 17.6 Å². The molecule has 2 atom stereocenters. The molecule has 13 heteroatoms. The van der Waals surface area contributed by atoms with E-state index in [-0.39, 0.29) is 17.5 Å². The molecular weight excluding hydrogens is 626 g/mol. The van der Waals surface area contributed by atoms with Gasteiger partial charge in [0.2, 0.25) is 11.8 Å². The monoisotopic (exact) mass is 657 g/mol. The lowest BCUT2D eigenvalue weighted by molar-refractivity contribution is -0.139. The highest BCUT2D eigenvalue weighted by molar-refractivity contribution is 7.92. The number of benzene rings is 3. The predicted octanol–water partition coefficient (Wildman–Crippen LogP) is 6.85. The second kappa shape index (κ2) is 14.0. The van der Waals surface area contributed by atoms with Crippen molar-refractivity contribution in [1.82, 2.24) is 10.2 Å². The zero-order valence-electron chi connectivity index (χ0n) is 24.0. The highest BCUT2D eigenvalue weighted by atomic mass is 35.5. The largest absolute Gasteiger partial charge is 0.417 e. The molecule has 2 amide bonds. The highest BCUT2D eigenvalue weighted by Gasteiger charge is 2.37. The molecule has 0 aliphatic heterocycles. The van der Waals surface area contributed by atoms with Crippen LogP contribution in [0, 0.1) is 6.92 Å². The molecule has 0 saturated carbocycles. The van der Waals surface area contributed by atoms with Crippen molar-refractivity contribution in [2.24, 2.45) is 0 Å². The second-order valence-electron chi connectivity index (χ2n) is 10.1. The van der Waals surface area contributed by atoms with Crippen LogP contribution in [0.15, 0.2) is 71.6 Å². The number of alkyl halides is 3. The summed E-state index contributed by atoms with van der Waals surface area (Å²) in [6.07, 6.45) is -4.27. The summed E-state index contributed by atoms with van der Waals surface area (Å²) in [6.45, 7) is 5.80. The number of halogens is 5. The first-order chi connectivity index (χ1) is 20.1. The molecule has 3 aromatic rings. The zero-order valence-corrected chi connectivity index (χ0v) is 26.3. The van der Waals surface area contributed by atoms with E-state index >= 15 is 0 Å². The maximum absolute atomic E-state index is 14.0. The summed E-state index contributed by atoms with van der Waals surface area (Å²) in [5.41, 5.74) is -0.462. The number of nitrogens with zero attached hydrogens (tertiary/aromatic N) is 2. The first-order valence-corrected chi connectivity index (χ1v) is 15.5. The Morgan fingerprint density at radius 1 is 0.953 bits per heavy atom. The van der Waals surface area contributed by atoms with Crippen LogP contribution in [0.25, 0.3) is 0 Å². The fourth-order valence-electron chi connectivity index (χ4n) is 4.11. The lowest BCUT2D eigenvalue weighted by Gasteiger charge is -2.32. The van der Waals surface area contributed by atoms with E-state index < -0.39 is 56.9 Å². The van der Waals surface area contributed by atoms with Crippen molar-refractivity contribution in [2.45, 2.75) is 63.8 Å². The normalized spacial score (nSPS) is 13.2. The lowest BCUT2D eigenvalue weighted by Crippen LogP contribution is -2.52. The molecule has 43 heavy (non-hydrogen) atoms. The van der Waals surface area contributed by atoms with Crippen molar-refractivity contribution >= 4 is 50.7 Å². The molecule has 0 aromatic heterocycles. The van der Waals surface area contributed by atoms with Crippen LogP contribution in [-0.2, 0) is 32.3 Å². The summed E-state index contributed by atoms with van der Waals surface area (Å²) in [6, 6.07) is 13.6. The molecule has 0 aliphatic rings. The molecule has 0 aliphatic carbocycles. The zero-order chi connectivity index (χ0) is 32.1. The van der Waals surface area contributed by atoms with E-state index in [0.29, 0.717) is 27.4 Å². The van der Waals surface area contributed by atoms with E-state index in [0.717, 1.165) is 22.6 Å². The maximum atomic E-state index is 14.0. The molecule has 0 bridgehead atoms. The van der Waals surface area contributed by atoms with Crippen molar-refractivity contribution in [3.05, 3.63) is 93.5 Å². The average Bonchev–Trinajstić information content (AvgIpc) is 2.94. The third-order valence-corrected chi connectivity index (χ3v) is 9.38. The minimum absolute atomic E-state index is 0.166. The quantitative estimate of drug-likeness (QED) is 0.244. The number of sulfonamides is 1. The number of aryl methyl sites for hydroxylation is 1. The number of anilines is 1. The SMILES string of the molecule is CCC(C)NC(=O)C(C)N(Cc1ccccc1Cl)C(=O)CN(c1ccc(Cl)c(C(F)(F)F)c1)S(=O)(=O)c1ccc(C)cc1. The Hall–Kier alpha value is -3.28. The van der Waals surface area contributed by atoms with Gasteiger partial charge >= 0.3 is 6.18 Å². The Morgan fingerprint density at radius 3 is 2.16 bits per heavy atom. The van der Waals surface area contributed by atoms with Crippen LogP contribution in [-0.4, -0.2) is 43.8 Å². The molecule has 0 saturated heterocycles. The number of hydrogen-bond acceptors (Lipinski definition) is 4. The minimum Gasteiger partial charge on any atom is -0.352 e. The van der Waals surface area contributed by atoms with Gasteiger partial charge in [-0.05, 0) is 69.2 Å². The van der Waals surface area contributed by atoms with Crippen molar-refractivity contribution in [2.75, 3.05) is 10.8 Å². The Kier molecular flexibility index (Phi) is 11.1. The van der Waals surface area contributed by atoms with Gasteiger partial charge in [-0.15, -0.1) is 0 Å². The van der Waals surface area contributed by atoms with E-state index in [1.807, 2.05) is 6.92 Å². The van der Waals surface area contributed by atoms with Gasteiger partial charge in [0.05, 0.1) is 21.2 Å². The lowest BCUT2D eigenvalue weighted by atomic mass is 10.1. The van der Waals surface area contributed by atoms with Crippen LogP contribution in [0.2, 0.25) is 10.0 Å². The third kappa shape index (κ3) is 8.43. The maximum Gasteiger partial charge on any atom is 0.417 e. The standard InChI is InChI=1S/C30H32Cl2F3N3O4S/c1-5-20(3)36-29(40)21(4)37(17-22-8-6-7-9-26(22)31)28(39)18-38(43(41,42)24-13-10-19(2)11-14-24)23-12-15-27(32)25(16-23)30(33,34)35/h6-16,20-21H,5,17-18H2,1-4H3,(H,36,40). The van der Waals surface area contributed by atoms with Crippen molar-refractivity contribution < 1.29 is 31.2 Å². The van der Waals surface area contributed by atoms with E-state index in [9.17, 15) is 31.2 Å². The van der Waals surface area contributed by atoms with Crippen LogP contribution in [0.3, 0.4) is 0 Å². The molecular formula is C30H32Cl2F3N3O4S. The van der Waals surface area contributed by atoms with Gasteiger partial charge in [-0.25, -0.2) is 8.42 Å². The molecule has 3 aromatic carbocycles. The first-order valence-electron chi connectivity index (χ1n) is 13.4. The van der Waals surface area contributed by atoms with Gasteiger partial charge < -0.3 is 10.2 Å². The predicted molar refractivity (Wildman–Crippen MR) is 162 cm³/mol. The number of carbonyl (C=O) groups excluding carboxylic acids is 2.